The van der Waals surface area contributed by atoms with Gasteiger partial charge in [0.25, 0.3) is 5.56 Å². The van der Waals surface area contributed by atoms with E-state index in [-0.39, 0.29) is 35.0 Å². The number of nitrogens with zero attached hydrogens (tertiary/aromatic N) is 3. The molecule has 1 amide bonds. The summed E-state index contributed by atoms with van der Waals surface area (Å²) in [5.74, 6) is 0.554. The molecule has 5 rings (SSSR count). The van der Waals surface area contributed by atoms with Crippen LogP contribution in [0.15, 0.2) is 58.6 Å². The van der Waals surface area contributed by atoms with E-state index in [2.05, 4.69) is 20.4 Å². The molecule has 9 nitrogen and oxygen atoms in total. The number of carbonyl (C=O) groups excluding carboxylic acids is 1. The minimum atomic E-state index is -0.379. The van der Waals surface area contributed by atoms with Gasteiger partial charge in [0.15, 0.2) is 22.3 Å². The fraction of sp³-hybridized carbons (Fsp3) is 0.100. The number of benzene rings is 2. The summed E-state index contributed by atoms with van der Waals surface area (Å²) in [5.41, 5.74) is 1.07. The lowest BCUT2D eigenvalue weighted by Crippen LogP contribution is -2.15. The number of ether oxygens (including phenoxy) is 2. The number of halogens is 1. The molecule has 0 radical (unpaired) electrons. The third kappa shape index (κ3) is 3.82. The molecular formula is C20H14FN5O4S. The normalized spacial score (nSPS) is 12.3. The van der Waals surface area contributed by atoms with Gasteiger partial charge in [-0.15, -0.1) is 0 Å². The van der Waals surface area contributed by atoms with Crippen LogP contribution >= 0.6 is 11.8 Å². The first-order valence-electron chi connectivity index (χ1n) is 9.13. The van der Waals surface area contributed by atoms with Gasteiger partial charge in [0.2, 0.25) is 12.7 Å². The number of aromatic amines is 1. The first kappa shape index (κ1) is 19.1. The largest absolute Gasteiger partial charge is 0.454 e. The zero-order chi connectivity index (χ0) is 21.4. The molecule has 31 heavy (non-hydrogen) atoms. The van der Waals surface area contributed by atoms with Crippen molar-refractivity contribution in [2.45, 2.75) is 5.16 Å². The summed E-state index contributed by atoms with van der Waals surface area (Å²) in [4.78, 5) is 31.8. The summed E-state index contributed by atoms with van der Waals surface area (Å²) >= 11 is 1.08. The molecule has 2 aromatic heterocycles. The van der Waals surface area contributed by atoms with Crippen LogP contribution < -0.4 is 20.3 Å². The summed E-state index contributed by atoms with van der Waals surface area (Å²) in [6.07, 6.45) is 1.39. The Morgan fingerprint density at radius 3 is 2.84 bits per heavy atom. The van der Waals surface area contributed by atoms with E-state index in [4.69, 9.17) is 9.47 Å². The molecule has 0 saturated heterocycles. The van der Waals surface area contributed by atoms with Gasteiger partial charge in [0.05, 0.1) is 17.6 Å². The second-order valence-electron chi connectivity index (χ2n) is 6.55. The molecule has 2 N–H and O–H groups in total. The minimum Gasteiger partial charge on any atom is -0.454 e. The first-order valence-corrected chi connectivity index (χ1v) is 10.1. The molecule has 0 saturated carbocycles. The zero-order valence-electron chi connectivity index (χ0n) is 15.8. The molecule has 0 spiro atoms. The summed E-state index contributed by atoms with van der Waals surface area (Å²) in [6.45, 7) is 0.151. The maximum Gasteiger partial charge on any atom is 0.262 e. The molecule has 0 fully saturated rings. The number of nitrogens with one attached hydrogen (secondary N) is 2. The van der Waals surface area contributed by atoms with Crippen LogP contribution in [-0.2, 0) is 4.79 Å². The highest BCUT2D eigenvalue weighted by Crippen LogP contribution is 2.34. The highest BCUT2D eigenvalue weighted by molar-refractivity contribution is 7.99. The van der Waals surface area contributed by atoms with Crippen molar-refractivity contribution >= 4 is 34.4 Å². The Balaban J connectivity index is 1.33. The van der Waals surface area contributed by atoms with Crippen LogP contribution in [0.25, 0.3) is 16.7 Å². The van der Waals surface area contributed by atoms with Crippen LogP contribution in [0.3, 0.4) is 0 Å². The molecule has 0 aliphatic carbocycles. The van der Waals surface area contributed by atoms with Crippen molar-refractivity contribution in [3.05, 3.63) is 64.8 Å². The van der Waals surface area contributed by atoms with Gasteiger partial charge in [-0.3, -0.25) is 9.59 Å². The van der Waals surface area contributed by atoms with Crippen molar-refractivity contribution in [2.24, 2.45) is 0 Å². The Morgan fingerprint density at radius 1 is 1.19 bits per heavy atom. The molecule has 1 aliphatic rings. The van der Waals surface area contributed by atoms with Crippen LogP contribution in [0.5, 0.6) is 11.5 Å². The van der Waals surface area contributed by atoms with E-state index in [0.717, 1.165) is 11.8 Å². The van der Waals surface area contributed by atoms with E-state index in [0.29, 0.717) is 33.9 Å². The molecule has 11 heteroatoms. The van der Waals surface area contributed by atoms with E-state index >= 15 is 0 Å². The minimum absolute atomic E-state index is 0.0214. The Morgan fingerprint density at radius 2 is 2.00 bits per heavy atom. The molecule has 0 bridgehead atoms. The molecule has 0 unspecified atom stereocenters. The third-order valence-corrected chi connectivity index (χ3v) is 5.36. The highest BCUT2D eigenvalue weighted by Gasteiger charge is 2.16. The lowest BCUT2D eigenvalue weighted by molar-refractivity contribution is -0.113. The van der Waals surface area contributed by atoms with Crippen LogP contribution in [-0.4, -0.2) is 38.2 Å². The predicted molar refractivity (Wildman–Crippen MR) is 111 cm³/mol. The number of H-pyrrole nitrogens is 1. The summed E-state index contributed by atoms with van der Waals surface area (Å²) in [5, 5.41) is 7.50. The molecule has 1 aliphatic heterocycles. The van der Waals surface area contributed by atoms with E-state index in [9.17, 15) is 14.0 Å². The van der Waals surface area contributed by atoms with E-state index < -0.39 is 0 Å². The zero-order valence-corrected chi connectivity index (χ0v) is 16.6. The van der Waals surface area contributed by atoms with E-state index in [1.165, 1.54) is 35.1 Å². The van der Waals surface area contributed by atoms with Gasteiger partial charge in [-0.1, -0.05) is 11.8 Å². The van der Waals surface area contributed by atoms with Crippen molar-refractivity contribution in [3.63, 3.8) is 0 Å². The quantitative estimate of drug-likeness (QED) is 0.363. The molecule has 156 valence electrons. The number of hydrogen-bond acceptors (Lipinski definition) is 7. The number of carbonyl (C=O) groups is 1. The maximum atomic E-state index is 13.2. The Kier molecular flexibility index (Phi) is 4.79. The lowest BCUT2D eigenvalue weighted by Gasteiger charge is -2.06. The molecule has 2 aromatic carbocycles. The van der Waals surface area contributed by atoms with Crippen LogP contribution in [0.4, 0.5) is 10.1 Å². The van der Waals surface area contributed by atoms with Crippen molar-refractivity contribution in [2.75, 3.05) is 17.9 Å². The second-order valence-corrected chi connectivity index (χ2v) is 7.51. The average molecular weight is 439 g/mol. The molecular weight excluding hydrogens is 425 g/mol. The SMILES string of the molecule is O=C(CSc1nc2c(cnn2-c2ccc(F)cc2)c(=O)[nH]1)Nc1ccc2c(c1)OCO2. The fourth-order valence-electron chi connectivity index (χ4n) is 3.04. The Labute approximate surface area is 178 Å². The predicted octanol–water partition coefficient (Wildman–Crippen LogP) is 2.71. The summed E-state index contributed by atoms with van der Waals surface area (Å²) < 4.78 is 25.2. The highest BCUT2D eigenvalue weighted by atomic mass is 32.2. The average Bonchev–Trinajstić information content (AvgIpc) is 3.40. The number of hydrogen-bond donors (Lipinski definition) is 2. The first-order chi connectivity index (χ1) is 15.1. The van der Waals surface area contributed by atoms with Gasteiger partial charge in [0.1, 0.15) is 11.2 Å². The Bertz CT molecular complexity index is 1350. The molecule has 3 heterocycles. The number of thioether (sulfide) groups is 1. The standard InChI is InChI=1S/C20H14FN5O4S/c21-11-1-4-13(5-2-11)26-18-14(8-22-26)19(28)25-20(24-18)31-9-17(27)23-12-3-6-15-16(7-12)30-10-29-15/h1-8H,9-10H2,(H,23,27)(H,24,25,28). The van der Waals surface area contributed by atoms with Crippen LogP contribution in [0.1, 0.15) is 0 Å². The van der Waals surface area contributed by atoms with Crippen LogP contribution in [0.2, 0.25) is 0 Å². The van der Waals surface area contributed by atoms with Crippen molar-refractivity contribution < 1.29 is 18.7 Å². The summed E-state index contributed by atoms with van der Waals surface area (Å²) in [7, 11) is 0. The number of rotatable bonds is 5. The van der Waals surface area contributed by atoms with Gasteiger partial charge < -0.3 is 19.8 Å². The van der Waals surface area contributed by atoms with Gasteiger partial charge in [-0.2, -0.15) is 5.10 Å². The monoisotopic (exact) mass is 439 g/mol. The third-order valence-electron chi connectivity index (χ3n) is 4.48. The fourth-order valence-corrected chi connectivity index (χ4v) is 3.70. The van der Waals surface area contributed by atoms with Gasteiger partial charge in [-0.05, 0) is 36.4 Å². The van der Waals surface area contributed by atoms with Crippen LogP contribution in [0, 0.1) is 5.82 Å². The number of aromatic nitrogens is 4. The number of fused-ring (bicyclic) bond motifs is 2. The van der Waals surface area contributed by atoms with Gasteiger partial charge in [-0.25, -0.2) is 14.1 Å². The van der Waals surface area contributed by atoms with E-state index in [1.807, 2.05) is 0 Å². The van der Waals surface area contributed by atoms with Crippen molar-refractivity contribution in [3.8, 4) is 17.2 Å². The lowest BCUT2D eigenvalue weighted by atomic mass is 10.3. The van der Waals surface area contributed by atoms with Gasteiger partial charge >= 0.3 is 0 Å². The van der Waals surface area contributed by atoms with E-state index in [1.54, 1.807) is 18.2 Å². The smallest absolute Gasteiger partial charge is 0.262 e. The van der Waals surface area contributed by atoms with Gasteiger partial charge in [0, 0.05) is 11.8 Å². The van der Waals surface area contributed by atoms with Crippen molar-refractivity contribution in [1.29, 1.82) is 0 Å². The Hall–Kier alpha value is -3.86. The van der Waals surface area contributed by atoms with Crippen molar-refractivity contribution in [1.82, 2.24) is 19.7 Å². The number of anilines is 1. The topological polar surface area (TPSA) is 111 Å². The summed E-state index contributed by atoms with van der Waals surface area (Å²) in [6, 6.07) is 10.8. The maximum absolute atomic E-state index is 13.2. The number of amides is 1. The second kappa shape index (κ2) is 7.76. The molecule has 0 atom stereocenters. The molecule has 4 aromatic rings.